The van der Waals surface area contributed by atoms with Crippen LogP contribution in [0.3, 0.4) is 0 Å². The first kappa shape index (κ1) is 13.4. The molecule has 1 aromatic carbocycles. The predicted octanol–water partition coefficient (Wildman–Crippen LogP) is 1.61. The number of carbonyl (C=O) groups excluding carboxylic acids is 1. The Bertz CT molecular complexity index is 522. The van der Waals surface area contributed by atoms with Crippen LogP contribution < -0.4 is 0 Å². The van der Waals surface area contributed by atoms with Crippen molar-refractivity contribution < 1.29 is 14.1 Å². The maximum absolute atomic E-state index is 11.3. The lowest BCUT2D eigenvalue weighted by molar-refractivity contribution is -0.122. The third-order valence-corrected chi connectivity index (χ3v) is 2.64. The summed E-state index contributed by atoms with van der Waals surface area (Å²) in [6.07, 6.45) is 1.68. The molecular formula is C14H16N2O3. The average Bonchev–Trinajstić information content (AvgIpc) is 2.85. The second-order valence-corrected chi connectivity index (χ2v) is 4.24. The van der Waals surface area contributed by atoms with Gasteiger partial charge in [0.2, 0.25) is 5.89 Å². The van der Waals surface area contributed by atoms with Crippen LogP contribution >= 0.6 is 0 Å². The van der Waals surface area contributed by atoms with E-state index in [1.54, 1.807) is 0 Å². The van der Waals surface area contributed by atoms with Crippen LogP contribution in [0.25, 0.3) is 0 Å². The molecule has 0 amide bonds. The monoisotopic (exact) mass is 260 g/mol. The fourth-order valence-electron chi connectivity index (χ4n) is 1.74. The number of Topliss-reactive ketones (excluding diaryl/α,β-unsaturated/α-hetero) is 1. The van der Waals surface area contributed by atoms with Gasteiger partial charge in [0.15, 0.2) is 11.6 Å². The highest BCUT2D eigenvalue weighted by molar-refractivity contribution is 5.81. The molecule has 2 aromatic rings. The molecule has 1 aromatic heterocycles. The smallest absolute Gasteiger partial charge is 0.234 e. The van der Waals surface area contributed by atoms with E-state index in [1.165, 1.54) is 12.7 Å². The van der Waals surface area contributed by atoms with Crippen LogP contribution in [-0.2, 0) is 28.8 Å². The summed E-state index contributed by atoms with van der Waals surface area (Å²) in [4.78, 5) is 15.5. The zero-order chi connectivity index (χ0) is 13.5. The average molecular weight is 260 g/mol. The standard InChI is InChI=1S/C14H16N2O3/c1-18-10-12(17)9-14-15-13(16-19-14)8-7-11-5-3-2-4-6-11/h2-6H,7-10H2,1H3. The molecule has 100 valence electrons. The van der Waals surface area contributed by atoms with Crippen molar-refractivity contribution >= 4 is 5.78 Å². The van der Waals surface area contributed by atoms with Crippen molar-refractivity contribution in [2.75, 3.05) is 13.7 Å². The highest BCUT2D eigenvalue weighted by Gasteiger charge is 2.11. The third kappa shape index (κ3) is 4.30. The van der Waals surface area contributed by atoms with E-state index in [-0.39, 0.29) is 18.8 Å². The van der Waals surface area contributed by atoms with E-state index in [1.807, 2.05) is 18.2 Å². The number of benzene rings is 1. The molecule has 0 saturated heterocycles. The lowest BCUT2D eigenvalue weighted by atomic mass is 10.1. The quantitative estimate of drug-likeness (QED) is 0.756. The normalized spacial score (nSPS) is 10.6. The highest BCUT2D eigenvalue weighted by Crippen LogP contribution is 2.05. The summed E-state index contributed by atoms with van der Waals surface area (Å²) in [7, 11) is 1.48. The minimum atomic E-state index is -0.0687. The van der Waals surface area contributed by atoms with Crippen molar-refractivity contribution in [1.82, 2.24) is 10.1 Å². The van der Waals surface area contributed by atoms with Crippen molar-refractivity contribution in [2.24, 2.45) is 0 Å². The van der Waals surface area contributed by atoms with Gasteiger partial charge in [-0.25, -0.2) is 0 Å². The van der Waals surface area contributed by atoms with Gasteiger partial charge in [-0.3, -0.25) is 4.79 Å². The van der Waals surface area contributed by atoms with E-state index in [9.17, 15) is 4.79 Å². The molecule has 0 saturated carbocycles. The van der Waals surface area contributed by atoms with Crippen LogP contribution in [0.15, 0.2) is 34.9 Å². The highest BCUT2D eigenvalue weighted by atomic mass is 16.5. The molecule has 0 aliphatic heterocycles. The second-order valence-electron chi connectivity index (χ2n) is 4.24. The molecule has 0 bridgehead atoms. The van der Waals surface area contributed by atoms with Gasteiger partial charge in [-0.05, 0) is 12.0 Å². The van der Waals surface area contributed by atoms with E-state index < -0.39 is 0 Å². The predicted molar refractivity (Wildman–Crippen MR) is 68.7 cm³/mol. The van der Waals surface area contributed by atoms with Gasteiger partial charge in [0.25, 0.3) is 0 Å². The molecule has 0 atom stereocenters. The number of methoxy groups -OCH3 is 1. The van der Waals surface area contributed by atoms with Crippen LogP contribution in [0.4, 0.5) is 0 Å². The van der Waals surface area contributed by atoms with Crippen LogP contribution in [0, 0.1) is 0 Å². The Morgan fingerprint density at radius 2 is 2.05 bits per heavy atom. The lowest BCUT2D eigenvalue weighted by Gasteiger charge is -1.96. The first-order chi connectivity index (χ1) is 9.28. The van der Waals surface area contributed by atoms with E-state index in [0.29, 0.717) is 18.1 Å². The van der Waals surface area contributed by atoms with Gasteiger partial charge in [0, 0.05) is 13.5 Å². The zero-order valence-corrected chi connectivity index (χ0v) is 10.8. The summed E-state index contributed by atoms with van der Waals surface area (Å²) in [5.74, 6) is 0.912. The molecule has 19 heavy (non-hydrogen) atoms. The van der Waals surface area contributed by atoms with Gasteiger partial charge >= 0.3 is 0 Å². The number of carbonyl (C=O) groups is 1. The Morgan fingerprint density at radius 3 is 2.79 bits per heavy atom. The van der Waals surface area contributed by atoms with Gasteiger partial charge in [-0.1, -0.05) is 35.5 Å². The number of ether oxygens (including phenoxy) is 1. The van der Waals surface area contributed by atoms with Crippen LogP contribution in [0.5, 0.6) is 0 Å². The van der Waals surface area contributed by atoms with Gasteiger partial charge in [0.1, 0.15) is 6.61 Å². The number of rotatable bonds is 7. The largest absolute Gasteiger partial charge is 0.377 e. The lowest BCUT2D eigenvalue weighted by Crippen LogP contribution is -2.09. The Hall–Kier alpha value is -2.01. The number of aromatic nitrogens is 2. The van der Waals surface area contributed by atoms with Crippen molar-refractivity contribution in [3.8, 4) is 0 Å². The molecule has 0 unspecified atom stereocenters. The van der Waals surface area contributed by atoms with Crippen molar-refractivity contribution in [3.05, 3.63) is 47.6 Å². The molecule has 0 aliphatic rings. The molecule has 0 spiro atoms. The zero-order valence-electron chi connectivity index (χ0n) is 10.8. The Balaban J connectivity index is 1.85. The van der Waals surface area contributed by atoms with E-state index >= 15 is 0 Å². The summed E-state index contributed by atoms with van der Waals surface area (Å²) in [6, 6.07) is 10.1. The molecular weight excluding hydrogens is 244 g/mol. The maximum atomic E-state index is 11.3. The minimum Gasteiger partial charge on any atom is -0.377 e. The molecule has 0 N–H and O–H groups in total. The first-order valence-electron chi connectivity index (χ1n) is 6.14. The third-order valence-electron chi connectivity index (χ3n) is 2.64. The van der Waals surface area contributed by atoms with Crippen LogP contribution in [0.2, 0.25) is 0 Å². The molecule has 2 rings (SSSR count). The maximum Gasteiger partial charge on any atom is 0.234 e. The van der Waals surface area contributed by atoms with E-state index in [2.05, 4.69) is 22.3 Å². The summed E-state index contributed by atoms with van der Waals surface area (Å²) in [6.45, 7) is 0.0712. The number of ketones is 1. The molecule has 5 heteroatoms. The van der Waals surface area contributed by atoms with Gasteiger partial charge < -0.3 is 9.26 Å². The summed E-state index contributed by atoms with van der Waals surface area (Å²) < 4.78 is 9.78. The molecule has 1 heterocycles. The van der Waals surface area contributed by atoms with Crippen molar-refractivity contribution in [3.63, 3.8) is 0 Å². The summed E-state index contributed by atoms with van der Waals surface area (Å²) >= 11 is 0. The van der Waals surface area contributed by atoms with Crippen LogP contribution in [0.1, 0.15) is 17.3 Å². The summed E-state index contributed by atoms with van der Waals surface area (Å²) in [5.41, 5.74) is 1.23. The van der Waals surface area contributed by atoms with E-state index in [4.69, 9.17) is 9.26 Å². The number of hydrogen-bond acceptors (Lipinski definition) is 5. The fraction of sp³-hybridized carbons (Fsp3) is 0.357. The number of hydrogen-bond donors (Lipinski definition) is 0. The van der Waals surface area contributed by atoms with Crippen molar-refractivity contribution in [1.29, 1.82) is 0 Å². The number of nitrogens with zero attached hydrogens (tertiary/aromatic N) is 2. The fourth-order valence-corrected chi connectivity index (χ4v) is 1.74. The Morgan fingerprint density at radius 1 is 1.26 bits per heavy atom. The van der Waals surface area contributed by atoms with Crippen molar-refractivity contribution in [2.45, 2.75) is 19.3 Å². The second kappa shape index (κ2) is 6.80. The number of aryl methyl sites for hydroxylation is 2. The molecule has 0 aliphatic carbocycles. The van der Waals surface area contributed by atoms with Gasteiger partial charge in [-0.15, -0.1) is 0 Å². The minimum absolute atomic E-state index is 0.0687. The molecule has 0 radical (unpaired) electrons. The summed E-state index contributed by atoms with van der Waals surface area (Å²) in [5, 5.41) is 3.87. The molecule has 5 nitrogen and oxygen atoms in total. The van der Waals surface area contributed by atoms with Crippen LogP contribution in [-0.4, -0.2) is 29.6 Å². The van der Waals surface area contributed by atoms with Gasteiger partial charge in [0.05, 0.1) is 6.42 Å². The first-order valence-corrected chi connectivity index (χ1v) is 6.14. The Labute approximate surface area is 111 Å². The Kier molecular flexibility index (Phi) is 4.80. The molecule has 0 fully saturated rings. The van der Waals surface area contributed by atoms with Gasteiger partial charge in [-0.2, -0.15) is 4.98 Å². The SMILES string of the molecule is COCC(=O)Cc1nc(CCc2ccccc2)no1. The topological polar surface area (TPSA) is 65.2 Å². The van der Waals surface area contributed by atoms with E-state index in [0.717, 1.165) is 6.42 Å².